The maximum absolute atomic E-state index is 13.6. The fourth-order valence-corrected chi connectivity index (χ4v) is 5.41. The number of unbranched alkanes of at least 4 members (excludes halogenated alkanes) is 1. The van der Waals surface area contributed by atoms with Crippen molar-refractivity contribution >= 4 is 44.6 Å². The van der Waals surface area contributed by atoms with Crippen LogP contribution in [0.1, 0.15) is 42.1 Å². The summed E-state index contributed by atoms with van der Waals surface area (Å²) in [6.45, 7) is 0.418. The lowest BCUT2D eigenvalue weighted by atomic mass is 9.86. The van der Waals surface area contributed by atoms with Gasteiger partial charge in [0.2, 0.25) is 17.7 Å². The van der Waals surface area contributed by atoms with Gasteiger partial charge in [-0.2, -0.15) is 0 Å². The lowest BCUT2D eigenvalue weighted by Crippen LogP contribution is -2.63. The zero-order valence-corrected chi connectivity index (χ0v) is 20.0. The monoisotopic (exact) mass is 524 g/mol. The molecule has 2 aliphatic heterocycles. The Hall–Kier alpha value is -3.17. The Bertz CT molecular complexity index is 1260. The maximum Gasteiger partial charge on any atom is 0.246 e. The van der Waals surface area contributed by atoms with Crippen molar-refractivity contribution in [2.75, 3.05) is 13.1 Å². The molecule has 2 aliphatic rings. The first kappa shape index (κ1) is 22.6. The highest BCUT2D eigenvalue weighted by molar-refractivity contribution is 9.10. The molecule has 2 atom stereocenters. The highest BCUT2D eigenvalue weighted by Gasteiger charge is 2.48. The highest BCUT2D eigenvalue weighted by Crippen LogP contribution is 2.42. The molecule has 34 heavy (non-hydrogen) atoms. The smallest absolute Gasteiger partial charge is 0.246 e. The fourth-order valence-electron chi connectivity index (χ4n) is 5.15. The standard InChI is InChI=1S/C25H25BrN4O4/c26-16-10-8-15(9-11-16)24-23-18(17-5-1-2-6-19(17)27-23)13-20-25(33)29(14-22(32)30(20)24)12-4-3-7-21(31)28-34/h1-2,5-6,8-11,20,24,27,34H,3-4,7,12-14H2,(H,28,31)/t20-,24-/m1/s1. The second kappa shape index (κ2) is 9.23. The molecule has 3 amide bonds. The number of nitrogens with zero attached hydrogens (tertiary/aromatic N) is 2. The number of nitrogens with one attached hydrogen (secondary N) is 2. The first-order valence-corrected chi connectivity index (χ1v) is 12.1. The van der Waals surface area contributed by atoms with E-state index in [-0.39, 0.29) is 30.8 Å². The topological polar surface area (TPSA) is 106 Å². The maximum atomic E-state index is 13.6. The van der Waals surface area contributed by atoms with E-state index >= 15 is 0 Å². The van der Waals surface area contributed by atoms with Gasteiger partial charge in [-0.1, -0.05) is 46.3 Å². The van der Waals surface area contributed by atoms with Crippen LogP contribution in [0.15, 0.2) is 53.0 Å². The van der Waals surface area contributed by atoms with Crippen molar-refractivity contribution in [2.24, 2.45) is 0 Å². The van der Waals surface area contributed by atoms with Crippen LogP contribution in [0.5, 0.6) is 0 Å². The summed E-state index contributed by atoms with van der Waals surface area (Å²) < 4.78 is 0.947. The molecule has 1 saturated heterocycles. The summed E-state index contributed by atoms with van der Waals surface area (Å²) in [5, 5.41) is 9.72. The largest absolute Gasteiger partial charge is 0.356 e. The van der Waals surface area contributed by atoms with Crippen LogP contribution in [0.4, 0.5) is 0 Å². The van der Waals surface area contributed by atoms with Crippen LogP contribution in [-0.4, -0.2) is 56.8 Å². The van der Waals surface area contributed by atoms with Crippen molar-refractivity contribution in [2.45, 2.75) is 37.8 Å². The number of carbonyl (C=O) groups excluding carboxylic acids is 3. The van der Waals surface area contributed by atoms with Crippen LogP contribution in [0.2, 0.25) is 0 Å². The first-order valence-electron chi connectivity index (χ1n) is 11.4. The highest BCUT2D eigenvalue weighted by atomic mass is 79.9. The van der Waals surface area contributed by atoms with Gasteiger partial charge in [0.05, 0.1) is 12.6 Å². The molecule has 1 aromatic heterocycles. The predicted molar refractivity (Wildman–Crippen MR) is 129 cm³/mol. The molecule has 9 heteroatoms. The number of piperazine rings is 1. The van der Waals surface area contributed by atoms with Crippen molar-refractivity contribution in [3.05, 3.63) is 69.8 Å². The van der Waals surface area contributed by atoms with E-state index in [0.717, 1.165) is 32.2 Å². The normalized spacial score (nSPS) is 19.8. The second-order valence-corrected chi connectivity index (χ2v) is 9.71. The summed E-state index contributed by atoms with van der Waals surface area (Å²) in [6, 6.07) is 15.0. The minimum Gasteiger partial charge on any atom is -0.356 e. The van der Waals surface area contributed by atoms with Gasteiger partial charge >= 0.3 is 0 Å². The van der Waals surface area contributed by atoms with Gasteiger partial charge in [-0.05, 0) is 42.2 Å². The lowest BCUT2D eigenvalue weighted by molar-refractivity contribution is -0.158. The number of benzene rings is 2. The second-order valence-electron chi connectivity index (χ2n) is 8.79. The molecule has 8 nitrogen and oxygen atoms in total. The number of aromatic amines is 1. The number of hydrogen-bond acceptors (Lipinski definition) is 4. The van der Waals surface area contributed by atoms with E-state index in [2.05, 4.69) is 27.0 Å². The van der Waals surface area contributed by atoms with E-state index in [9.17, 15) is 14.4 Å². The molecule has 0 saturated carbocycles. The molecular weight excluding hydrogens is 500 g/mol. The van der Waals surface area contributed by atoms with Gasteiger partial charge in [0.25, 0.3) is 0 Å². The Kier molecular flexibility index (Phi) is 6.14. The van der Waals surface area contributed by atoms with E-state index in [0.29, 0.717) is 25.8 Å². The number of fused-ring (bicyclic) bond motifs is 4. The van der Waals surface area contributed by atoms with E-state index in [1.54, 1.807) is 15.3 Å². The molecule has 3 aromatic rings. The molecule has 176 valence electrons. The molecule has 0 radical (unpaired) electrons. The van der Waals surface area contributed by atoms with Crippen LogP contribution in [0.25, 0.3) is 10.9 Å². The van der Waals surface area contributed by atoms with Crippen LogP contribution >= 0.6 is 15.9 Å². The van der Waals surface area contributed by atoms with E-state index in [1.807, 2.05) is 42.5 Å². The third-order valence-corrected chi connectivity index (χ3v) is 7.26. The third kappa shape index (κ3) is 3.99. The molecule has 0 spiro atoms. The number of para-hydroxylation sites is 1. The molecule has 5 rings (SSSR count). The van der Waals surface area contributed by atoms with Crippen molar-refractivity contribution < 1.29 is 19.6 Å². The zero-order valence-electron chi connectivity index (χ0n) is 18.5. The summed E-state index contributed by atoms with van der Waals surface area (Å²) in [5.74, 6) is -0.608. The van der Waals surface area contributed by atoms with Crippen molar-refractivity contribution in [3.63, 3.8) is 0 Å². The minimum atomic E-state index is -0.581. The summed E-state index contributed by atoms with van der Waals surface area (Å²) in [4.78, 5) is 45.2. The van der Waals surface area contributed by atoms with E-state index in [4.69, 9.17) is 5.21 Å². The van der Waals surface area contributed by atoms with Crippen molar-refractivity contribution in [3.8, 4) is 0 Å². The number of hydrogen-bond donors (Lipinski definition) is 3. The van der Waals surface area contributed by atoms with Crippen LogP contribution in [-0.2, 0) is 20.8 Å². The molecule has 0 aliphatic carbocycles. The number of H-pyrrole nitrogens is 1. The molecule has 1 fully saturated rings. The van der Waals surface area contributed by atoms with Crippen molar-refractivity contribution in [1.29, 1.82) is 0 Å². The fraction of sp³-hybridized carbons (Fsp3) is 0.320. The zero-order chi connectivity index (χ0) is 23.8. The summed E-state index contributed by atoms with van der Waals surface area (Å²) in [5.41, 5.74) is 5.60. The number of carbonyl (C=O) groups is 3. The van der Waals surface area contributed by atoms with Gasteiger partial charge in [0.1, 0.15) is 6.04 Å². The van der Waals surface area contributed by atoms with E-state index in [1.165, 1.54) is 0 Å². The number of rotatable bonds is 6. The number of amides is 3. The van der Waals surface area contributed by atoms with E-state index < -0.39 is 11.9 Å². The van der Waals surface area contributed by atoms with Gasteiger partial charge in [-0.25, -0.2) is 5.48 Å². The van der Waals surface area contributed by atoms with Crippen molar-refractivity contribution in [1.82, 2.24) is 20.3 Å². The summed E-state index contributed by atoms with van der Waals surface area (Å²) in [7, 11) is 0. The number of halogens is 1. The third-order valence-electron chi connectivity index (χ3n) is 6.73. The number of hydroxylamine groups is 1. The molecule has 0 bridgehead atoms. The molecule has 2 aromatic carbocycles. The Labute approximate surface area is 205 Å². The van der Waals surface area contributed by atoms with Crippen LogP contribution < -0.4 is 5.48 Å². The first-order chi connectivity index (χ1) is 16.5. The molecule has 0 unspecified atom stereocenters. The van der Waals surface area contributed by atoms with Gasteiger partial charge in [-0.15, -0.1) is 0 Å². The molecule has 3 heterocycles. The van der Waals surface area contributed by atoms with Gasteiger partial charge in [-0.3, -0.25) is 19.6 Å². The Balaban J connectivity index is 1.49. The van der Waals surface area contributed by atoms with Gasteiger partial charge in [0.15, 0.2) is 0 Å². The van der Waals surface area contributed by atoms with Gasteiger partial charge < -0.3 is 14.8 Å². The average Bonchev–Trinajstić information content (AvgIpc) is 3.22. The average molecular weight is 525 g/mol. The molecular formula is C25H25BrN4O4. The number of aromatic nitrogens is 1. The Morgan fingerprint density at radius 2 is 1.88 bits per heavy atom. The SMILES string of the molecule is O=C(CCCCN1CC(=O)N2[C@H](c3ccc(Br)cc3)c3[nH]c4ccccc4c3C[C@@H]2C1=O)NO. The summed E-state index contributed by atoms with van der Waals surface area (Å²) in [6.07, 6.45) is 1.73. The Morgan fingerprint density at radius 3 is 2.65 bits per heavy atom. The Morgan fingerprint density at radius 1 is 1.12 bits per heavy atom. The van der Waals surface area contributed by atoms with Crippen LogP contribution in [0.3, 0.4) is 0 Å². The molecule has 3 N–H and O–H groups in total. The lowest BCUT2D eigenvalue weighted by Gasteiger charge is -2.47. The predicted octanol–water partition coefficient (Wildman–Crippen LogP) is 3.29. The quantitative estimate of drug-likeness (QED) is 0.261. The van der Waals surface area contributed by atoms with Crippen LogP contribution in [0, 0.1) is 0 Å². The summed E-state index contributed by atoms with van der Waals surface area (Å²) >= 11 is 3.48. The van der Waals surface area contributed by atoms with Gasteiger partial charge in [0, 0.05) is 40.5 Å². The minimum absolute atomic E-state index is 0.0180.